The van der Waals surface area contributed by atoms with E-state index < -0.39 is 5.97 Å². The molecule has 8 heteroatoms. The molecule has 3 fully saturated rings. The molecule has 6 rings (SSSR count). The van der Waals surface area contributed by atoms with Crippen LogP contribution < -0.4 is 5.32 Å². The van der Waals surface area contributed by atoms with Crippen molar-refractivity contribution in [3.05, 3.63) is 29.7 Å². The molecule has 8 nitrogen and oxygen atoms in total. The molecule has 3 aromatic rings. The molecular formula is C28H36N6O2. The highest BCUT2D eigenvalue weighted by atomic mass is 16.4. The summed E-state index contributed by atoms with van der Waals surface area (Å²) in [5.41, 5.74) is 3.37. The SMILES string of the molecule is CC1CCC(Cn2c(-c3cc(C4CC4)ccn3)nc3nc(C(=O)O)nc(N[C@H](C)C4CCC4)c32)CC1. The van der Waals surface area contributed by atoms with E-state index in [4.69, 9.17) is 9.97 Å². The summed E-state index contributed by atoms with van der Waals surface area (Å²) >= 11 is 0. The summed E-state index contributed by atoms with van der Waals surface area (Å²) < 4.78 is 2.23. The molecule has 0 amide bonds. The number of aromatic nitrogens is 5. The summed E-state index contributed by atoms with van der Waals surface area (Å²) in [7, 11) is 0. The summed E-state index contributed by atoms with van der Waals surface area (Å²) in [5.74, 6) is 2.51. The van der Waals surface area contributed by atoms with Crippen LogP contribution in [-0.2, 0) is 6.54 Å². The van der Waals surface area contributed by atoms with Gasteiger partial charge in [0, 0.05) is 18.8 Å². The van der Waals surface area contributed by atoms with E-state index in [-0.39, 0.29) is 11.9 Å². The first-order valence-corrected chi connectivity index (χ1v) is 13.7. The van der Waals surface area contributed by atoms with Gasteiger partial charge < -0.3 is 15.0 Å². The highest BCUT2D eigenvalue weighted by Crippen LogP contribution is 2.41. The van der Waals surface area contributed by atoms with Gasteiger partial charge in [-0.15, -0.1) is 0 Å². The Bertz CT molecular complexity index is 1270. The van der Waals surface area contributed by atoms with Crippen molar-refractivity contribution in [3.8, 4) is 11.5 Å². The maximum atomic E-state index is 11.9. The maximum Gasteiger partial charge on any atom is 0.374 e. The smallest absolute Gasteiger partial charge is 0.374 e. The Morgan fingerprint density at radius 2 is 1.89 bits per heavy atom. The minimum atomic E-state index is -1.14. The van der Waals surface area contributed by atoms with Crippen molar-refractivity contribution < 1.29 is 9.90 Å². The minimum absolute atomic E-state index is 0.206. The van der Waals surface area contributed by atoms with Crippen molar-refractivity contribution in [3.63, 3.8) is 0 Å². The van der Waals surface area contributed by atoms with E-state index in [9.17, 15) is 9.90 Å². The number of nitrogens with zero attached hydrogens (tertiary/aromatic N) is 5. The molecule has 3 aromatic heterocycles. The van der Waals surface area contributed by atoms with Crippen LogP contribution in [0.5, 0.6) is 0 Å². The molecule has 0 radical (unpaired) electrons. The molecule has 3 aliphatic carbocycles. The van der Waals surface area contributed by atoms with Crippen molar-refractivity contribution >= 4 is 23.0 Å². The lowest BCUT2D eigenvalue weighted by Gasteiger charge is -2.32. The van der Waals surface area contributed by atoms with Gasteiger partial charge >= 0.3 is 5.97 Å². The lowest BCUT2D eigenvalue weighted by molar-refractivity contribution is 0.0684. The molecule has 3 aliphatic rings. The third-order valence-electron chi connectivity index (χ3n) is 8.65. The van der Waals surface area contributed by atoms with E-state index >= 15 is 0 Å². The van der Waals surface area contributed by atoms with E-state index in [0.29, 0.717) is 29.2 Å². The van der Waals surface area contributed by atoms with Gasteiger partial charge in [0.2, 0.25) is 5.82 Å². The summed E-state index contributed by atoms with van der Waals surface area (Å²) in [6.07, 6.45) is 12.8. The highest BCUT2D eigenvalue weighted by Gasteiger charge is 2.30. The van der Waals surface area contributed by atoms with Gasteiger partial charge in [0.25, 0.3) is 0 Å². The first-order chi connectivity index (χ1) is 17.5. The largest absolute Gasteiger partial charge is 0.475 e. The predicted molar refractivity (Wildman–Crippen MR) is 139 cm³/mol. The van der Waals surface area contributed by atoms with Crippen molar-refractivity contribution in [1.82, 2.24) is 24.5 Å². The Morgan fingerprint density at radius 1 is 1.11 bits per heavy atom. The quantitative estimate of drug-likeness (QED) is 0.407. The molecule has 1 atom stereocenters. The van der Waals surface area contributed by atoms with E-state index in [1.807, 2.05) is 6.20 Å². The number of anilines is 1. The zero-order valence-corrected chi connectivity index (χ0v) is 21.3. The average Bonchev–Trinajstić information content (AvgIpc) is 3.61. The molecule has 190 valence electrons. The summed E-state index contributed by atoms with van der Waals surface area (Å²) in [5, 5.41) is 13.3. The zero-order chi connectivity index (χ0) is 24.8. The van der Waals surface area contributed by atoms with Crippen molar-refractivity contribution in [2.24, 2.45) is 17.8 Å². The number of carboxylic acid groups (broad SMARTS) is 1. The molecular weight excluding hydrogens is 452 g/mol. The third kappa shape index (κ3) is 4.58. The Labute approximate surface area is 212 Å². The van der Waals surface area contributed by atoms with Crippen LogP contribution in [0.1, 0.15) is 93.7 Å². The number of rotatable bonds is 8. The second-order valence-electron chi connectivity index (χ2n) is 11.4. The normalized spacial score (nSPS) is 23.4. The van der Waals surface area contributed by atoms with Gasteiger partial charge in [-0.05, 0) is 86.8 Å². The van der Waals surface area contributed by atoms with Crippen molar-refractivity contribution in [2.45, 2.75) is 90.1 Å². The zero-order valence-electron chi connectivity index (χ0n) is 21.3. The van der Waals surface area contributed by atoms with Gasteiger partial charge in [0.15, 0.2) is 17.3 Å². The summed E-state index contributed by atoms with van der Waals surface area (Å²) in [6.45, 7) is 5.33. The molecule has 0 spiro atoms. The molecule has 2 N–H and O–H groups in total. The highest BCUT2D eigenvalue weighted by molar-refractivity contribution is 5.92. The molecule has 0 unspecified atom stereocenters. The van der Waals surface area contributed by atoms with E-state index in [1.165, 1.54) is 63.4 Å². The summed E-state index contributed by atoms with van der Waals surface area (Å²) in [4.78, 5) is 30.5. The fourth-order valence-corrected chi connectivity index (χ4v) is 5.89. The Balaban J connectivity index is 1.48. The van der Waals surface area contributed by atoms with Crippen LogP contribution in [0.4, 0.5) is 5.82 Å². The van der Waals surface area contributed by atoms with E-state index in [2.05, 4.69) is 45.8 Å². The molecule has 3 saturated carbocycles. The number of fused-ring (bicyclic) bond motifs is 1. The number of carboxylic acids is 1. The van der Waals surface area contributed by atoms with Crippen molar-refractivity contribution in [1.29, 1.82) is 0 Å². The number of carbonyl (C=O) groups is 1. The fourth-order valence-electron chi connectivity index (χ4n) is 5.89. The number of hydrogen-bond donors (Lipinski definition) is 2. The first kappa shape index (κ1) is 23.4. The second-order valence-corrected chi connectivity index (χ2v) is 11.4. The fraction of sp³-hybridized carbons (Fsp3) is 0.607. The second kappa shape index (κ2) is 9.45. The third-order valence-corrected chi connectivity index (χ3v) is 8.65. The number of aromatic carboxylic acids is 1. The molecule has 0 aliphatic heterocycles. The summed E-state index contributed by atoms with van der Waals surface area (Å²) in [6, 6.07) is 4.47. The molecule has 3 heterocycles. The molecule has 36 heavy (non-hydrogen) atoms. The Morgan fingerprint density at radius 3 is 2.56 bits per heavy atom. The van der Waals surface area contributed by atoms with Crippen LogP contribution in [0.2, 0.25) is 0 Å². The lowest BCUT2D eigenvalue weighted by atomic mass is 9.80. The van der Waals surface area contributed by atoms with Crippen molar-refractivity contribution in [2.75, 3.05) is 5.32 Å². The Hall–Kier alpha value is -3.03. The van der Waals surface area contributed by atoms with E-state index in [1.54, 1.807) is 0 Å². The number of imidazole rings is 1. The van der Waals surface area contributed by atoms with E-state index in [0.717, 1.165) is 29.5 Å². The molecule has 0 aromatic carbocycles. The van der Waals surface area contributed by atoms with Gasteiger partial charge in [-0.1, -0.05) is 26.2 Å². The van der Waals surface area contributed by atoms with Crippen LogP contribution >= 0.6 is 0 Å². The van der Waals surface area contributed by atoms with Gasteiger partial charge in [-0.2, -0.15) is 0 Å². The van der Waals surface area contributed by atoms with Crippen LogP contribution in [0.3, 0.4) is 0 Å². The monoisotopic (exact) mass is 488 g/mol. The standard InChI is InChI=1S/C28H36N6O2/c1-16-6-8-18(9-7-16)15-34-23-24(30-17(2)19-4-3-5-19)31-26(28(35)36)32-25(23)33-27(34)22-14-21(12-13-29-22)20-10-11-20/h12-14,16-20H,3-11,15H2,1-2H3,(H,35,36)(H,30,31,32)/t16?,17-,18?/m1/s1. The Kier molecular flexibility index (Phi) is 6.13. The number of nitrogens with one attached hydrogen (secondary N) is 1. The molecule has 0 bridgehead atoms. The minimum Gasteiger partial charge on any atom is -0.475 e. The van der Waals surface area contributed by atoms with Gasteiger partial charge in [-0.25, -0.2) is 19.7 Å². The van der Waals surface area contributed by atoms with Crippen LogP contribution in [0, 0.1) is 17.8 Å². The average molecular weight is 489 g/mol. The first-order valence-electron chi connectivity index (χ1n) is 13.7. The predicted octanol–water partition coefficient (Wildman–Crippen LogP) is 5.89. The number of hydrogen-bond acceptors (Lipinski definition) is 6. The van der Waals surface area contributed by atoms with Gasteiger partial charge in [0.05, 0.1) is 0 Å². The maximum absolute atomic E-state index is 11.9. The van der Waals surface area contributed by atoms with Gasteiger partial charge in [-0.3, -0.25) is 4.98 Å². The van der Waals surface area contributed by atoms with Crippen LogP contribution in [0.15, 0.2) is 18.3 Å². The van der Waals surface area contributed by atoms with Crippen LogP contribution in [0.25, 0.3) is 22.7 Å². The van der Waals surface area contributed by atoms with Gasteiger partial charge in [0.1, 0.15) is 11.2 Å². The molecule has 0 saturated heterocycles. The lowest BCUT2D eigenvalue weighted by Crippen LogP contribution is -2.31. The number of pyridine rings is 1. The van der Waals surface area contributed by atoms with Crippen LogP contribution in [-0.4, -0.2) is 41.6 Å². The topological polar surface area (TPSA) is 106 Å².